The van der Waals surface area contributed by atoms with E-state index in [4.69, 9.17) is 20.2 Å². The number of hydrogen-bond donors (Lipinski definition) is 2. The maximum Gasteiger partial charge on any atom is 0.167 e. The normalized spacial score (nSPS) is 25.3. The Hall–Kier alpha value is -2.31. The molecular formula is C24H37N7O3Si. The maximum absolute atomic E-state index is 11.4. The first-order valence-corrected chi connectivity index (χ1v) is 16.2. The van der Waals surface area contributed by atoms with Gasteiger partial charge in [0.1, 0.15) is 12.5 Å². The van der Waals surface area contributed by atoms with Crippen molar-refractivity contribution >= 4 is 24.9 Å². The third-order valence-electron chi connectivity index (χ3n) is 7.01. The number of nitrogens with zero attached hydrogens (tertiary/aromatic N) is 6. The summed E-state index contributed by atoms with van der Waals surface area (Å²) in [5, 5.41) is 21.4. The summed E-state index contributed by atoms with van der Waals surface area (Å²) in [7, 11) is -1.17. The second kappa shape index (κ2) is 9.29. The van der Waals surface area contributed by atoms with Gasteiger partial charge in [-0.2, -0.15) is 14.9 Å². The number of nitrogens with two attached hydrogens (primary N) is 1. The molecule has 3 aromatic rings. The molecule has 2 aliphatic rings. The molecule has 0 radical (unpaired) electrons. The highest BCUT2D eigenvalue weighted by Crippen LogP contribution is 2.44. The van der Waals surface area contributed by atoms with Gasteiger partial charge >= 0.3 is 0 Å². The number of aromatic nitrogens is 5. The standard InChI is InChI=1S/C24H37N7O3Si/c1-17-15-33-8-7-29(17)21-11-20(24(32)12-18(25)13-24)19-14-27-31(23(19)28-21)22-5-6-26-30(22)16-34-9-10-35(2,3)4/h5-6,11,14,17-18,32H,7-10,12-13,15-16,25H2,1-4H3/t17-,18?,24?/m1/s1. The molecular weight excluding hydrogens is 462 g/mol. The predicted molar refractivity (Wildman–Crippen MR) is 137 cm³/mol. The van der Waals surface area contributed by atoms with Crippen LogP contribution < -0.4 is 10.6 Å². The quantitative estimate of drug-likeness (QED) is 0.359. The van der Waals surface area contributed by atoms with E-state index in [1.165, 1.54) is 0 Å². The van der Waals surface area contributed by atoms with Gasteiger partial charge in [0.25, 0.3) is 0 Å². The van der Waals surface area contributed by atoms with Crippen LogP contribution in [0.25, 0.3) is 16.9 Å². The Morgan fingerprint density at radius 3 is 2.80 bits per heavy atom. The first-order chi connectivity index (χ1) is 16.6. The average Bonchev–Trinajstić information content (AvgIpc) is 3.41. The van der Waals surface area contributed by atoms with E-state index < -0.39 is 13.7 Å². The molecule has 4 heterocycles. The SMILES string of the molecule is C[C@@H]1COCCN1c1cc(C2(O)CC(N)C2)c2cnn(-c3ccnn3COCC[Si](C)(C)C)c2n1. The maximum atomic E-state index is 11.4. The zero-order chi connectivity index (χ0) is 24.8. The fraction of sp³-hybridized carbons (Fsp3) is 0.625. The van der Waals surface area contributed by atoms with Gasteiger partial charge in [-0.3, -0.25) is 0 Å². The number of morpholine rings is 1. The van der Waals surface area contributed by atoms with E-state index in [9.17, 15) is 5.11 Å². The molecule has 11 heteroatoms. The van der Waals surface area contributed by atoms with Crippen LogP contribution in [0.3, 0.4) is 0 Å². The lowest BCUT2D eigenvalue weighted by molar-refractivity contribution is -0.0510. The Morgan fingerprint density at radius 1 is 1.29 bits per heavy atom. The van der Waals surface area contributed by atoms with Crippen LogP contribution >= 0.6 is 0 Å². The number of pyridine rings is 1. The van der Waals surface area contributed by atoms with Gasteiger partial charge < -0.3 is 25.2 Å². The van der Waals surface area contributed by atoms with Crippen molar-refractivity contribution in [3.05, 3.63) is 30.1 Å². The molecule has 0 spiro atoms. The summed E-state index contributed by atoms with van der Waals surface area (Å²) in [6, 6.07) is 5.20. The van der Waals surface area contributed by atoms with Gasteiger partial charge in [0.2, 0.25) is 0 Å². The van der Waals surface area contributed by atoms with E-state index in [0.29, 0.717) is 45.0 Å². The van der Waals surface area contributed by atoms with Crippen LogP contribution in [0.2, 0.25) is 25.7 Å². The van der Waals surface area contributed by atoms with E-state index in [1.54, 1.807) is 21.8 Å². The molecule has 3 aromatic heterocycles. The van der Waals surface area contributed by atoms with Crippen LogP contribution in [-0.4, -0.2) is 76.2 Å². The summed E-state index contributed by atoms with van der Waals surface area (Å²) in [4.78, 5) is 7.28. The zero-order valence-electron chi connectivity index (χ0n) is 21.1. The molecule has 0 aromatic carbocycles. The first kappa shape index (κ1) is 24.4. The largest absolute Gasteiger partial charge is 0.385 e. The Bertz CT molecular complexity index is 1180. The monoisotopic (exact) mass is 499 g/mol. The molecule has 0 amide bonds. The zero-order valence-corrected chi connectivity index (χ0v) is 22.1. The second-order valence-electron chi connectivity index (χ2n) is 11.2. The summed E-state index contributed by atoms with van der Waals surface area (Å²) in [6.45, 7) is 12.2. The van der Waals surface area contributed by atoms with E-state index in [0.717, 1.165) is 35.2 Å². The minimum atomic E-state index is -1.17. The van der Waals surface area contributed by atoms with Crippen LogP contribution in [0, 0.1) is 0 Å². The molecule has 10 nitrogen and oxygen atoms in total. The number of aliphatic hydroxyl groups is 1. The summed E-state index contributed by atoms with van der Waals surface area (Å²) in [6.07, 6.45) is 4.59. The van der Waals surface area contributed by atoms with Gasteiger partial charge in [0.15, 0.2) is 11.5 Å². The third-order valence-corrected chi connectivity index (χ3v) is 8.72. The molecule has 2 fully saturated rings. The molecule has 35 heavy (non-hydrogen) atoms. The van der Waals surface area contributed by atoms with Crippen LogP contribution in [0.15, 0.2) is 24.5 Å². The van der Waals surface area contributed by atoms with Crippen LogP contribution in [0.5, 0.6) is 0 Å². The molecule has 1 aliphatic heterocycles. The van der Waals surface area contributed by atoms with Crippen LogP contribution in [0.4, 0.5) is 5.82 Å². The number of ether oxygens (including phenoxy) is 2. The van der Waals surface area contributed by atoms with E-state index in [1.807, 2.05) is 12.1 Å². The van der Waals surface area contributed by atoms with E-state index >= 15 is 0 Å². The van der Waals surface area contributed by atoms with Crippen molar-refractivity contribution in [2.24, 2.45) is 5.73 Å². The predicted octanol–water partition coefficient (Wildman–Crippen LogP) is 2.46. The number of hydrogen-bond acceptors (Lipinski definition) is 8. The Kier molecular flexibility index (Phi) is 6.47. The van der Waals surface area contributed by atoms with Crippen molar-refractivity contribution < 1.29 is 14.6 Å². The van der Waals surface area contributed by atoms with Crippen LogP contribution in [0.1, 0.15) is 25.3 Å². The Balaban J connectivity index is 1.52. The minimum Gasteiger partial charge on any atom is -0.385 e. The molecule has 3 N–H and O–H groups in total. The van der Waals surface area contributed by atoms with Crippen molar-refractivity contribution in [1.29, 1.82) is 0 Å². The highest BCUT2D eigenvalue weighted by molar-refractivity contribution is 6.76. The number of anilines is 1. The van der Waals surface area contributed by atoms with E-state index in [2.05, 4.69) is 41.7 Å². The van der Waals surface area contributed by atoms with Gasteiger partial charge in [-0.25, -0.2) is 9.67 Å². The molecule has 0 unspecified atom stereocenters. The minimum absolute atomic E-state index is 0.00115. The fourth-order valence-electron chi connectivity index (χ4n) is 4.92. The number of fused-ring (bicyclic) bond motifs is 1. The summed E-state index contributed by atoms with van der Waals surface area (Å²) in [5.74, 6) is 1.59. The second-order valence-corrected chi connectivity index (χ2v) is 16.8. The molecule has 5 rings (SSSR count). The summed E-state index contributed by atoms with van der Waals surface area (Å²) >= 11 is 0. The molecule has 1 saturated carbocycles. The van der Waals surface area contributed by atoms with Gasteiger partial charge in [-0.15, -0.1) is 0 Å². The highest BCUT2D eigenvalue weighted by Gasteiger charge is 2.44. The molecule has 1 saturated heterocycles. The van der Waals surface area contributed by atoms with Crippen LogP contribution in [-0.2, 0) is 21.8 Å². The van der Waals surface area contributed by atoms with Crippen molar-refractivity contribution in [2.75, 3.05) is 31.3 Å². The fourth-order valence-corrected chi connectivity index (χ4v) is 5.67. The third kappa shape index (κ3) is 4.87. The Morgan fingerprint density at radius 2 is 2.09 bits per heavy atom. The molecule has 0 bridgehead atoms. The smallest absolute Gasteiger partial charge is 0.167 e. The van der Waals surface area contributed by atoms with Gasteiger partial charge in [-0.1, -0.05) is 19.6 Å². The van der Waals surface area contributed by atoms with Crippen molar-refractivity contribution in [2.45, 2.75) is 69.9 Å². The lowest BCUT2D eigenvalue weighted by Crippen LogP contribution is -2.49. The number of rotatable bonds is 8. The Labute approximate surface area is 207 Å². The molecule has 190 valence electrons. The highest BCUT2D eigenvalue weighted by atomic mass is 28.3. The summed E-state index contributed by atoms with van der Waals surface area (Å²) in [5.41, 5.74) is 6.63. The van der Waals surface area contributed by atoms with E-state index in [-0.39, 0.29) is 12.1 Å². The average molecular weight is 500 g/mol. The van der Waals surface area contributed by atoms with Gasteiger partial charge in [0.05, 0.1) is 37.3 Å². The van der Waals surface area contributed by atoms with Gasteiger partial charge in [-0.05, 0) is 37.4 Å². The first-order valence-electron chi connectivity index (χ1n) is 12.5. The summed E-state index contributed by atoms with van der Waals surface area (Å²) < 4.78 is 15.2. The topological polar surface area (TPSA) is 116 Å². The van der Waals surface area contributed by atoms with Crippen molar-refractivity contribution in [1.82, 2.24) is 24.5 Å². The van der Waals surface area contributed by atoms with Crippen molar-refractivity contribution in [3.63, 3.8) is 0 Å². The lowest BCUT2D eigenvalue weighted by Gasteiger charge is -2.43. The molecule has 1 atom stereocenters. The molecule has 1 aliphatic carbocycles. The lowest BCUT2D eigenvalue weighted by atomic mass is 9.71. The van der Waals surface area contributed by atoms with Crippen molar-refractivity contribution in [3.8, 4) is 5.82 Å². The van der Waals surface area contributed by atoms with Gasteiger partial charge in [0, 0.05) is 38.7 Å².